The molecule has 4 rings (SSSR count). The zero-order chi connectivity index (χ0) is 25.4. The first-order valence-corrected chi connectivity index (χ1v) is 11.6. The molecule has 4 nitrogen and oxygen atoms in total. The number of alkyl halides is 3. The van der Waals surface area contributed by atoms with Gasteiger partial charge in [0.25, 0.3) is 0 Å². The summed E-state index contributed by atoms with van der Waals surface area (Å²) in [4.78, 5) is 17.7. The second-order valence-electron chi connectivity index (χ2n) is 8.48. The van der Waals surface area contributed by atoms with E-state index < -0.39 is 23.3 Å². The van der Waals surface area contributed by atoms with Crippen LogP contribution in [-0.4, -0.2) is 17.6 Å². The number of amides is 2. The average molecular weight is 490 g/mol. The van der Waals surface area contributed by atoms with Gasteiger partial charge >= 0.3 is 12.2 Å². The molecule has 1 atom stereocenters. The summed E-state index contributed by atoms with van der Waals surface area (Å²) in [6, 6.07) is 28.8. The molecular formula is C29H26F3N3O. The molecule has 1 unspecified atom stereocenters. The van der Waals surface area contributed by atoms with Gasteiger partial charge in [-0.2, -0.15) is 13.2 Å². The molecule has 1 heterocycles. The molecule has 2 amide bonds. The number of urea groups is 1. The molecule has 36 heavy (non-hydrogen) atoms. The van der Waals surface area contributed by atoms with E-state index in [4.69, 9.17) is 0 Å². The third kappa shape index (κ3) is 6.10. The Balaban J connectivity index is 1.73. The molecule has 0 bridgehead atoms. The fourth-order valence-corrected chi connectivity index (χ4v) is 4.20. The number of nitrogens with zero attached hydrogens (tertiary/aromatic N) is 1. The van der Waals surface area contributed by atoms with Crippen molar-refractivity contribution in [3.63, 3.8) is 0 Å². The van der Waals surface area contributed by atoms with Gasteiger partial charge < -0.3 is 10.6 Å². The summed E-state index contributed by atoms with van der Waals surface area (Å²) < 4.78 is 41.0. The Morgan fingerprint density at radius 2 is 1.39 bits per heavy atom. The van der Waals surface area contributed by atoms with Crippen molar-refractivity contribution in [1.82, 2.24) is 15.6 Å². The molecule has 1 aromatic heterocycles. The van der Waals surface area contributed by atoms with Gasteiger partial charge in [0.15, 0.2) is 0 Å². The van der Waals surface area contributed by atoms with Crippen molar-refractivity contribution < 1.29 is 18.0 Å². The molecule has 2 N–H and O–H groups in total. The zero-order valence-electron chi connectivity index (χ0n) is 19.5. The SMILES string of the molecule is O=C(NCCc1ccccc1)NC(Cc1ccccc1)(c1cccc(C(F)(F)F)c1)c1ccccn1. The minimum absolute atomic E-state index is 0.207. The highest BCUT2D eigenvalue weighted by Gasteiger charge is 2.40. The first kappa shape index (κ1) is 25.0. The van der Waals surface area contributed by atoms with Crippen LogP contribution in [0.2, 0.25) is 0 Å². The second kappa shape index (κ2) is 11.1. The minimum atomic E-state index is -4.53. The molecular weight excluding hydrogens is 463 g/mol. The third-order valence-electron chi connectivity index (χ3n) is 5.97. The van der Waals surface area contributed by atoms with Crippen LogP contribution < -0.4 is 10.6 Å². The van der Waals surface area contributed by atoms with E-state index in [1.807, 2.05) is 60.7 Å². The molecule has 7 heteroatoms. The molecule has 0 radical (unpaired) electrons. The number of carbonyl (C=O) groups is 1. The van der Waals surface area contributed by atoms with E-state index in [1.54, 1.807) is 30.5 Å². The van der Waals surface area contributed by atoms with Crippen molar-refractivity contribution in [3.8, 4) is 0 Å². The smallest absolute Gasteiger partial charge is 0.338 e. The lowest BCUT2D eigenvalue weighted by atomic mass is 9.80. The molecule has 184 valence electrons. The number of benzene rings is 3. The summed E-state index contributed by atoms with van der Waals surface area (Å²) in [5.41, 5.74) is 0.492. The van der Waals surface area contributed by atoms with Crippen molar-refractivity contribution in [2.45, 2.75) is 24.6 Å². The summed E-state index contributed by atoms with van der Waals surface area (Å²) in [5, 5.41) is 5.85. The van der Waals surface area contributed by atoms with E-state index in [-0.39, 0.29) is 12.0 Å². The fraction of sp³-hybridized carbons (Fsp3) is 0.172. The minimum Gasteiger partial charge on any atom is -0.338 e. The van der Waals surface area contributed by atoms with E-state index in [1.165, 1.54) is 6.07 Å². The highest BCUT2D eigenvalue weighted by Crippen LogP contribution is 2.36. The summed E-state index contributed by atoms with van der Waals surface area (Å²) in [6.07, 6.45) is -2.14. The predicted molar refractivity (Wildman–Crippen MR) is 133 cm³/mol. The van der Waals surface area contributed by atoms with Crippen molar-refractivity contribution in [2.24, 2.45) is 0 Å². The van der Waals surface area contributed by atoms with E-state index in [0.29, 0.717) is 18.7 Å². The molecule has 0 aliphatic heterocycles. The van der Waals surface area contributed by atoms with E-state index in [9.17, 15) is 18.0 Å². The highest BCUT2D eigenvalue weighted by molar-refractivity contribution is 5.76. The van der Waals surface area contributed by atoms with Crippen molar-refractivity contribution in [2.75, 3.05) is 6.54 Å². The standard InChI is InChI=1S/C29H26F3N3O/c30-29(31,32)25-15-9-14-24(20-25)28(26-16-7-8-18-33-26,21-23-12-5-2-6-13-23)35-27(36)34-19-17-22-10-3-1-4-11-22/h1-16,18,20H,17,19,21H2,(H2,34,35,36). The molecule has 0 spiro atoms. The summed E-state index contributed by atoms with van der Waals surface area (Å²) >= 11 is 0. The van der Waals surface area contributed by atoms with Gasteiger partial charge in [0.2, 0.25) is 0 Å². The molecule has 0 saturated carbocycles. The van der Waals surface area contributed by atoms with Crippen LogP contribution in [0.4, 0.5) is 18.0 Å². The van der Waals surface area contributed by atoms with Gasteiger partial charge in [0.05, 0.1) is 11.3 Å². The van der Waals surface area contributed by atoms with Gasteiger partial charge in [0.1, 0.15) is 5.54 Å². The molecule has 0 saturated heterocycles. The lowest BCUT2D eigenvalue weighted by molar-refractivity contribution is -0.137. The maximum Gasteiger partial charge on any atom is 0.416 e. The van der Waals surface area contributed by atoms with Gasteiger partial charge in [-0.05, 0) is 47.4 Å². The van der Waals surface area contributed by atoms with Crippen LogP contribution in [0, 0.1) is 0 Å². The zero-order valence-corrected chi connectivity index (χ0v) is 19.5. The van der Waals surface area contributed by atoms with E-state index in [2.05, 4.69) is 15.6 Å². The summed E-state index contributed by atoms with van der Waals surface area (Å²) in [6.45, 7) is 0.363. The third-order valence-corrected chi connectivity index (χ3v) is 5.97. The molecule has 0 fully saturated rings. The largest absolute Gasteiger partial charge is 0.416 e. The van der Waals surface area contributed by atoms with Crippen molar-refractivity contribution in [1.29, 1.82) is 0 Å². The van der Waals surface area contributed by atoms with Crippen molar-refractivity contribution >= 4 is 6.03 Å². The number of aromatic nitrogens is 1. The fourth-order valence-electron chi connectivity index (χ4n) is 4.20. The van der Waals surface area contributed by atoms with Gasteiger partial charge in [-0.1, -0.05) is 78.9 Å². The van der Waals surface area contributed by atoms with Crippen LogP contribution in [-0.2, 0) is 24.6 Å². The lowest BCUT2D eigenvalue weighted by Crippen LogP contribution is -2.53. The summed E-state index contributed by atoms with van der Waals surface area (Å²) in [5.74, 6) is 0. The number of pyridine rings is 1. The quantitative estimate of drug-likeness (QED) is 0.313. The highest BCUT2D eigenvalue weighted by atomic mass is 19.4. The van der Waals surface area contributed by atoms with Gasteiger partial charge in [-0.25, -0.2) is 4.79 Å². The van der Waals surface area contributed by atoms with Crippen LogP contribution >= 0.6 is 0 Å². The van der Waals surface area contributed by atoms with E-state index in [0.717, 1.165) is 23.3 Å². The van der Waals surface area contributed by atoms with Gasteiger partial charge in [-0.15, -0.1) is 0 Å². The number of halogens is 3. The molecule has 0 aliphatic carbocycles. The maximum absolute atomic E-state index is 13.7. The van der Waals surface area contributed by atoms with Crippen LogP contribution in [0.1, 0.15) is 27.9 Å². The Morgan fingerprint density at radius 1 is 0.750 bits per heavy atom. The average Bonchev–Trinajstić information content (AvgIpc) is 2.89. The van der Waals surface area contributed by atoms with Gasteiger partial charge in [0, 0.05) is 19.2 Å². The first-order valence-electron chi connectivity index (χ1n) is 11.6. The molecule has 3 aromatic carbocycles. The van der Waals surface area contributed by atoms with Crippen molar-refractivity contribution in [3.05, 3.63) is 137 Å². The molecule has 4 aromatic rings. The second-order valence-corrected chi connectivity index (χ2v) is 8.48. The van der Waals surface area contributed by atoms with Crippen LogP contribution in [0.3, 0.4) is 0 Å². The number of hydrogen-bond acceptors (Lipinski definition) is 2. The van der Waals surface area contributed by atoms with Gasteiger partial charge in [-0.3, -0.25) is 4.98 Å². The van der Waals surface area contributed by atoms with E-state index >= 15 is 0 Å². The Hall–Kier alpha value is -4.13. The number of carbonyl (C=O) groups excluding carboxylic acids is 1. The predicted octanol–water partition coefficient (Wildman–Crippen LogP) is 6.13. The summed E-state index contributed by atoms with van der Waals surface area (Å²) in [7, 11) is 0. The lowest BCUT2D eigenvalue weighted by Gasteiger charge is -2.35. The number of nitrogens with one attached hydrogen (secondary N) is 2. The maximum atomic E-state index is 13.7. The van der Waals surface area contributed by atoms with Crippen LogP contribution in [0.15, 0.2) is 109 Å². The Morgan fingerprint density at radius 3 is 2.03 bits per heavy atom. The Bertz CT molecular complexity index is 1270. The Kier molecular flexibility index (Phi) is 7.68. The van der Waals surface area contributed by atoms with Crippen LogP contribution in [0.5, 0.6) is 0 Å². The first-order chi connectivity index (χ1) is 17.4. The Labute approximate surface area is 208 Å². The number of rotatable bonds is 8. The number of hydrogen-bond donors (Lipinski definition) is 2. The monoisotopic (exact) mass is 489 g/mol. The van der Waals surface area contributed by atoms with Crippen LogP contribution in [0.25, 0.3) is 0 Å². The topological polar surface area (TPSA) is 54.0 Å². The normalized spacial score (nSPS) is 13.0. The molecule has 0 aliphatic rings.